The van der Waals surface area contributed by atoms with Gasteiger partial charge in [0, 0.05) is 19.6 Å². The monoisotopic (exact) mass is 460 g/mol. The highest BCUT2D eigenvalue weighted by Crippen LogP contribution is 2.28. The highest BCUT2D eigenvalue weighted by Gasteiger charge is 2.40. The fraction of sp³-hybridized carbons (Fsp3) is 0.286. The van der Waals surface area contributed by atoms with E-state index in [9.17, 15) is 9.59 Å². The molecule has 0 fully saturated rings. The summed E-state index contributed by atoms with van der Waals surface area (Å²) in [5.41, 5.74) is 3.59. The molecule has 1 aliphatic heterocycles. The van der Waals surface area contributed by atoms with Crippen LogP contribution < -0.4 is 0 Å². The van der Waals surface area contributed by atoms with Crippen molar-refractivity contribution in [2.45, 2.75) is 45.6 Å². The van der Waals surface area contributed by atoms with Crippen molar-refractivity contribution in [2.24, 2.45) is 0 Å². The molecule has 6 heteroatoms. The summed E-state index contributed by atoms with van der Waals surface area (Å²) in [5, 5.41) is 0.722. The second-order valence-corrected chi connectivity index (χ2v) is 8.57. The van der Waals surface area contributed by atoms with Gasteiger partial charge in [-0.15, -0.1) is 5.06 Å². The van der Waals surface area contributed by atoms with Crippen molar-refractivity contribution in [3.8, 4) is 0 Å². The van der Waals surface area contributed by atoms with Gasteiger partial charge >= 0.3 is 0 Å². The summed E-state index contributed by atoms with van der Waals surface area (Å²) in [6.45, 7) is 4.70. The van der Waals surface area contributed by atoms with E-state index in [0.717, 1.165) is 21.8 Å². The van der Waals surface area contributed by atoms with Gasteiger partial charge in [0.25, 0.3) is 11.8 Å². The largest absolute Gasteiger partial charge is 0.292 e. The second kappa shape index (κ2) is 10.7. The van der Waals surface area contributed by atoms with Crippen molar-refractivity contribution >= 4 is 11.8 Å². The average molecular weight is 461 g/mol. The number of carbonyl (C=O) groups excluding carboxylic acids is 2. The summed E-state index contributed by atoms with van der Waals surface area (Å²) in [7, 11) is 0. The van der Waals surface area contributed by atoms with Gasteiger partial charge in [0.2, 0.25) is 0 Å². The molecular weight excluding hydrogens is 431 g/mol. The zero-order valence-corrected chi connectivity index (χ0v) is 19.5. The predicted molar refractivity (Wildman–Crippen MR) is 129 cm³/mol. The van der Waals surface area contributed by atoms with Crippen LogP contribution in [0.25, 0.3) is 0 Å². The van der Waals surface area contributed by atoms with E-state index >= 15 is 4.39 Å². The number of fused-ring (bicyclic) bond motifs is 1. The first kappa shape index (κ1) is 23.8. The van der Waals surface area contributed by atoms with Crippen molar-refractivity contribution in [3.05, 3.63) is 107 Å². The van der Waals surface area contributed by atoms with E-state index in [1.54, 1.807) is 19.1 Å². The summed E-state index contributed by atoms with van der Waals surface area (Å²) in [6.07, 6.45) is -1.78. The highest BCUT2D eigenvalue weighted by molar-refractivity contribution is 6.21. The van der Waals surface area contributed by atoms with Crippen LogP contribution in [0.3, 0.4) is 0 Å². The molecule has 3 aromatic carbocycles. The van der Waals surface area contributed by atoms with Crippen molar-refractivity contribution in [3.63, 3.8) is 0 Å². The Bertz CT molecular complexity index is 1100. The van der Waals surface area contributed by atoms with Crippen molar-refractivity contribution in [1.29, 1.82) is 0 Å². The maximum atomic E-state index is 15.4. The minimum Gasteiger partial charge on any atom is -0.292 e. The first-order valence-electron chi connectivity index (χ1n) is 11.6. The van der Waals surface area contributed by atoms with Gasteiger partial charge in [0.1, 0.15) is 12.3 Å². The Morgan fingerprint density at radius 3 is 2.00 bits per heavy atom. The van der Waals surface area contributed by atoms with E-state index < -0.39 is 24.1 Å². The van der Waals surface area contributed by atoms with E-state index in [1.807, 2.05) is 78.6 Å². The number of hydrogen-bond acceptors (Lipinski definition) is 4. The number of hydroxylamine groups is 2. The third-order valence-electron chi connectivity index (χ3n) is 6.06. The normalized spacial score (nSPS) is 15.0. The Labute approximate surface area is 199 Å². The molecule has 0 radical (unpaired) electrons. The number of halogens is 1. The molecule has 1 aliphatic rings. The van der Waals surface area contributed by atoms with Gasteiger partial charge in [-0.2, -0.15) is 0 Å². The summed E-state index contributed by atoms with van der Waals surface area (Å²) in [5.74, 6) is -1.07. The summed E-state index contributed by atoms with van der Waals surface area (Å²) in [4.78, 5) is 33.3. The third kappa shape index (κ3) is 5.24. The van der Waals surface area contributed by atoms with E-state index in [-0.39, 0.29) is 6.54 Å². The fourth-order valence-electron chi connectivity index (χ4n) is 4.22. The molecule has 3 aromatic rings. The molecule has 0 aromatic heterocycles. The van der Waals surface area contributed by atoms with Crippen LogP contribution in [0.15, 0.2) is 78.9 Å². The Balaban J connectivity index is 1.45. The highest BCUT2D eigenvalue weighted by atomic mass is 19.1. The Morgan fingerprint density at radius 1 is 0.853 bits per heavy atom. The lowest BCUT2D eigenvalue weighted by Gasteiger charge is -2.28. The van der Waals surface area contributed by atoms with Crippen LogP contribution >= 0.6 is 0 Å². The van der Waals surface area contributed by atoms with Crippen LogP contribution in [0.1, 0.15) is 51.3 Å². The maximum Gasteiger partial charge on any atom is 0.286 e. The quantitative estimate of drug-likeness (QED) is 0.390. The van der Waals surface area contributed by atoms with Crippen LogP contribution in [-0.2, 0) is 24.3 Å². The van der Waals surface area contributed by atoms with Gasteiger partial charge < -0.3 is 0 Å². The number of amides is 2. The lowest BCUT2D eigenvalue weighted by molar-refractivity contribution is -0.148. The minimum atomic E-state index is -1.41. The van der Waals surface area contributed by atoms with Gasteiger partial charge in [-0.05, 0) is 36.1 Å². The number of benzene rings is 3. The molecule has 2 unspecified atom stereocenters. The molecule has 0 saturated heterocycles. The second-order valence-electron chi connectivity index (χ2n) is 8.57. The van der Waals surface area contributed by atoms with E-state index in [0.29, 0.717) is 30.6 Å². The van der Waals surface area contributed by atoms with Gasteiger partial charge in [0.05, 0.1) is 11.1 Å². The first-order valence-corrected chi connectivity index (χ1v) is 11.6. The molecule has 0 spiro atoms. The molecule has 0 aliphatic carbocycles. The van der Waals surface area contributed by atoms with E-state index in [2.05, 4.69) is 0 Å². The summed E-state index contributed by atoms with van der Waals surface area (Å²) in [6, 6.07) is 25.0. The number of alkyl halides is 1. The number of rotatable bonds is 10. The Hall–Kier alpha value is -3.35. The van der Waals surface area contributed by atoms with Crippen LogP contribution in [0, 0.1) is 0 Å². The predicted octanol–water partition coefficient (Wildman–Crippen LogP) is 5.21. The third-order valence-corrected chi connectivity index (χ3v) is 6.06. The van der Waals surface area contributed by atoms with Gasteiger partial charge in [-0.25, -0.2) is 4.39 Å². The first-order chi connectivity index (χ1) is 16.5. The van der Waals surface area contributed by atoms with E-state index in [1.165, 1.54) is 0 Å². The van der Waals surface area contributed by atoms with Crippen molar-refractivity contribution in [1.82, 2.24) is 9.96 Å². The fourth-order valence-corrected chi connectivity index (χ4v) is 4.22. The minimum absolute atomic E-state index is 0.0916. The Kier molecular flexibility index (Phi) is 7.50. The molecule has 0 N–H and O–H groups in total. The van der Waals surface area contributed by atoms with Gasteiger partial charge in [-0.3, -0.25) is 19.3 Å². The molecule has 0 bridgehead atoms. The van der Waals surface area contributed by atoms with Crippen molar-refractivity contribution < 1.29 is 18.8 Å². The molecule has 1 heterocycles. The molecule has 4 rings (SSSR count). The number of hydrogen-bond donors (Lipinski definition) is 0. The number of aryl methyl sites for hydroxylation is 1. The topological polar surface area (TPSA) is 49.9 Å². The van der Waals surface area contributed by atoms with Crippen LogP contribution in [0.2, 0.25) is 0 Å². The van der Waals surface area contributed by atoms with Crippen LogP contribution in [0.5, 0.6) is 0 Å². The number of nitrogens with zero attached hydrogens (tertiary/aromatic N) is 2. The molecule has 5 nitrogen and oxygen atoms in total. The van der Waals surface area contributed by atoms with E-state index in [4.69, 9.17) is 4.84 Å². The standard InChI is InChI=1S/C28H29FN2O3/c1-3-23-15-10-16-24-26(23)28(33)31(27(24)32)34-20(2)25(29)19-30(17-21-11-6-4-7-12-21)18-22-13-8-5-9-14-22/h4-16,20,25H,3,17-19H2,1-2H3. The van der Waals surface area contributed by atoms with Crippen LogP contribution in [-0.4, -0.2) is 40.6 Å². The molecule has 176 valence electrons. The lowest BCUT2D eigenvalue weighted by Crippen LogP contribution is -2.41. The SMILES string of the molecule is CCc1cccc2c1C(=O)N(OC(C)C(F)CN(Cc1ccccc1)Cc1ccccc1)C2=O. The maximum absolute atomic E-state index is 15.4. The zero-order valence-electron chi connectivity index (χ0n) is 19.5. The molecular formula is C28H29FN2O3. The Morgan fingerprint density at radius 2 is 1.44 bits per heavy atom. The van der Waals surface area contributed by atoms with Crippen LogP contribution in [0.4, 0.5) is 4.39 Å². The molecule has 2 atom stereocenters. The molecule has 2 amide bonds. The zero-order chi connectivity index (χ0) is 24.1. The average Bonchev–Trinajstić information content (AvgIpc) is 3.10. The lowest BCUT2D eigenvalue weighted by atomic mass is 10.0. The molecule has 34 heavy (non-hydrogen) atoms. The number of carbonyl (C=O) groups is 2. The van der Waals surface area contributed by atoms with Gasteiger partial charge in [0.15, 0.2) is 0 Å². The molecule has 0 saturated carbocycles. The summed E-state index contributed by atoms with van der Waals surface area (Å²) < 4.78 is 15.4. The summed E-state index contributed by atoms with van der Waals surface area (Å²) >= 11 is 0. The number of imide groups is 1. The van der Waals surface area contributed by atoms with Gasteiger partial charge in [-0.1, -0.05) is 79.7 Å². The van der Waals surface area contributed by atoms with Crippen molar-refractivity contribution in [2.75, 3.05) is 6.54 Å². The smallest absolute Gasteiger partial charge is 0.286 e.